The summed E-state index contributed by atoms with van der Waals surface area (Å²) in [6.45, 7) is 2.17. The maximum Gasteiger partial charge on any atom is 0.0486 e. The smallest absolute Gasteiger partial charge is 0.0486 e. The first-order valence-corrected chi connectivity index (χ1v) is 7.33. The average Bonchev–Trinajstić information content (AvgIpc) is 2.28. The number of aliphatic hydroxyl groups is 1. The Hall–Kier alpha value is -0.710. The van der Waals surface area contributed by atoms with Gasteiger partial charge in [-0.1, -0.05) is 29.8 Å². The van der Waals surface area contributed by atoms with Crippen molar-refractivity contribution in [3.05, 3.63) is 35.4 Å². The molecule has 0 aromatic heterocycles. The normalized spacial score (nSPS) is 14.5. The lowest BCUT2D eigenvalue weighted by Gasteiger charge is -2.14. The molecule has 4 heteroatoms. The van der Waals surface area contributed by atoms with E-state index >= 15 is 0 Å². The van der Waals surface area contributed by atoms with Crippen molar-refractivity contribution in [3.8, 4) is 0 Å². The van der Waals surface area contributed by atoms with Crippen LogP contribution in [0.15, 0.2) is 24.3 Å². The summed E-state index contributed by atoms with van der Waals surface area (Å²) in [5.74, 6) is 1.18. The summed E-state index contributed by atoms with van der Waals surface area (Å²) in [5.41, 5.74) is 2.31. The second kappa shape index (κ2) is 7.58. The van der Waals surface area contributed by atoms with Gasteiger partial charge < -0.3 is 10.4 Å². The van der Waals surface area contributed by atoms with Crippen LogP contribution in [0.1, 0.15) is 17.5 Å². The number of aryl methyl sites for hydroxylation is 1. The van der Waals surface area contributed by atoms with Crippen molar-refractivity contribution in [1.82, 2.24) is 5.32 Å². The molecule has 0 aliphatic carbocycles. The fourth-order valence-corrected chi connectivity index (χ4v) is 3.19. The molecule has 17 heavy (non-hydrogen) atoms. The fourth-order valence-electron chi connectivity index (χ4n) is 1.74. The van der Waals surface area contributed by atoms with Crippen LogP contribution in [0.5, 0.6) is 0 Å². The van der Waals surface area contributed by atoms with Crippen molar-refractivity contribution in [3.63, 3.8) is 0 Å². The van der Waals surface area contributed by atoms with Gasteiger partial charge in [-0.15, -0.1) is 0 Å². The van der Waals surface area contributed by atoms with Crippen molar-refractivity contribution in [1.29, 1.82) is 0 Å². The molecule has 0 heterocycles. The van der Waals surface area contributed by atoms with Crippen LogP contribution in [0.4, 0.5) is 0 Å². The number of rotatable bonds is 7. The van der Waals surface area contributed by atoms with Crippen LogP contribution in [0, 0.1) is 6.92 Å². The molecule has 3 nitrogen and oxygen atoms in total. The van der Waals surface area contributed by atoms with Crippen molar-refractivity contribution in [2.24, 2.45) is 0 Å². The molecule has 1 rings (SSSR count). The Labute approximate surface area is 106 Å². The zero-order chi connectivity index (χ0) is 12.7. The monoisotopic (exact) mass is 255 g/mol. The fraction of sp³-hybridized carbons (Fsp3) is 0.538. The van der Waals surface area contributed by atoms with Gasteiger partial charge in [0.25, 0.3) is 0 Å². The van der Waals surface area contributed by atoms with Gasteiger partial charge in [-0.25, -0.2) is 0 Å². The minimum atomic E-state index is -0.884. The van der Waals surface area contributed by atoms with Gasteiger partial charge in [0.15, 0.2) is 0 Å². The van der Waals surface area contributed by atoms with Crippen molar-refractivity contribution >= 4 is 10.8 Å². The van der Waals surface area contributed by atoms with E-state index in [4.69, 9.17) is 5.11 Å². The number of aliphatic hydroxyl groups excluding tert-OH is 1. The zero-order valence-corrected chi connectivity index (χ0v) is 11.3. The number of benzene rings is 1. The second-order valence-corrected chi connectivity index (χ2v) is 5.74. The maximum absolute atomic E-state index is 12.0. The van der Waals surface area contributed by atoms with E-state index in [1.54, 1.807) is 0 Å². The number of nitrogens with one attached hydrogen (secondary N) is 1. The molecule has 0 amide bonds. The van der Waals surface area contributed by atoms with Gasteiger partial charge >= 0.3 is 0 Å². The third kappa shape index (κ3) is 5.44. The molecule has 0 saturated carbocycles. The minimum Gasteiger partial charge on any atom is -0.396 e. The highest BCUT2D eigenvalue weighted by Crippen LogP contribution is 2.08. The number of hydrogen-bond acceptors (Lipinski definition) is 3. The summed E-state index contributed by atoms with van der Waals surface area (Å²) in [6, 6.07) is 8.23. The topological polar surface area (TPSA) is 49.3 Å². The molecule has 0 saturated heterocycles. The van der Waals surface area contributed by atoms with E-state index in [-0.39, 0.29) is 12.6 Å². The van der Waals surface area contributed by atoms with Crippen LogP contribution in [0.25, 0.3) is 0 Å². The molecule has 2 atom stereocenters. The average molecular weight is 255 g/mol. The zero-order valence-electron chi connectivity index (χ0n) is 10.5. The first-order chi connectivity index (χ1) is 8.15. The van der Waals surface area contributed by atoms with Crippen LogP contribution in [0.2, 0.25) is 0 Å². The largest absolute Gasteiger partial charge is 0.396 e. The summed E-state index contributed by atoms with van der Waals surface area (Å²) in [4.78, 5) is 0. The molecule has 0 fully saturated rings. The molecular weight excluding hydrogens is 234 g/mol. The van der Waals surface area contributed by atoms with Gasteiger partial charge in [0.2, 0.25) is 0 Å². The molecule has 0 spiro atoms. The maximum atomic E-state index is 12.0. The highest BCUT2D eigenvalue weighted by Gasteiger charge is 2.10. The van der Waals surface area contributed by atoms with Gasteiger partial charge in [0.05, 0.1) is 0 Å². The first-order valence-electron chi connectivity index (χ1n) is 5.84. The Morgan fingerprint density at radius 1 is 1.47 bits per heavy atom. The summed E-state index contributed by atoms with van der Waals surface area (Å²) in [6.07, 6.45) is 0.649. The van der Waals surface area contributed by atoms with E-state index < -0.39 is 10.8 Å². The lowest BCUT2D eigenvalue weighted by Crippen LogP contribution is -2.32. The van der Waals surface area contributed by atoms with Gasteiger partial charge in [-0.05, 0) is 26.0 Å². The summed E-state index contributed by atoms with van der Waals surface area (Å²) >= 11 is 0. The van der Waals surface area contributed by atoms with Crippen molar-refractivity contribution in [2.75, 3.05) is 19.4 Å². The third-order valence-corrected chi connectivity index (χ3v) is 4.11. The Kier molecular flexibility index (Phi) is 6.40. The van der Waals surface area contributed by atoms with Crippen molar-refractivity contribution < 1.29 is 9.32 Å². The molecule has 0 bridgehead atoms. The van der Waals surface area contributed by atoms with E-state index in [9.17, 15) is 4.21 Å². The highest BCUT2D eigenvalue weighted by molar-refractivity contribution is 7.84. The molecule has 2 N–H and O–H groups in total. The molecule has 0 radical (unpaired) electrons. The SMILES string of the molecule is CNC(CCO)CS(=O)Cc1cccc(C)c1. The summed E-state index contributed by atoms with van der Waals surface area (Å²) < 4.78 is 12.0. The Balaban J connectivity index is 2.49. The number of hydrogen-bond donors (Lipinski definition) is 2. The molecule has 2 unspecified atom stereocenters. The van der Waals surface area contributed by atoms with Gasteiger partial charge in [0.1, 0.15) is 0 Å². The van der Waals surface area contributed by atoms with E-state index in [2.05, 4.69) is 11.4 Å². The van der Waals surface area contributed by atoms with E-state index in [0.717, 1.165) is 5.56 Å². The van der Waals surface area contributed by atoms with Crippen LogP contribution >= 0.6 is 0 Å². The lowest BCUT2D eigenvalue weighted by molar-refractivity contribution is 0.272. The molecule has 0 aliphatic heterocycles. The van der Waals surface area contributed by atoms with Crippen LogP contribution < -0.4 is 5.32 Å². The lowest BCUT2D eigenvalue weighted by atomic mass is 10.2. The molecular formula is C13H21NO2S. The quantitative estimate of drug-likeness (QED) is 0.770. The molecule has 1 aromatic carbocycles. The summed E-state index contributed by atoms with van der Waals surface area (Å²) in [5, 5.41) is 11.9. The second-order valence-electron chi connectivity index (χ2n) is 4.24. The van der Waals surface area contributed by atoms with Gasteiger partial charge in [0, 0.05) is 35.0 Å². The standard InChI is InChI=1S/C13H21NO2S/c1-11-4-3-5-12(8-11)9-17(16)10-13(14-2)6-7-15/h3-5,8,13-15H,6-7,9-10H2,1-2H3. The molecule has 0 aliphatic rings. The predicted molar refractivity (Wildman–Crippen MR) is 72.4 cm³/mol. The predicted octanol–water partition coefficient (Wildman–Crippen LogP) is 1.21. The van der Waals surface area contributed by atoms with Crippen molar-refractivity contribution in [2.45, 2.75) is 25.1 Å². The summed E-state index contributed by atoms with van der Waals surface area (Å²) in [7, 11) is 0.953. The molecule has 1 aromatic rings. The van der Waals surface area contributed by atoms with Gasteiger partial charge in [-0.3, -0.25) is 4.21 Å². The van der Waals surface area contributed by atoms with E-state index in [0.29, 0.717) is 17.9 Å². The van der Waals surface area contributed by atoms with Crippen LogP contribution in [-0.4, -0.2) is 34.8 Å². The first kappa shape index (κ1) is 14.4. The third-order valence-electron chi connectivity index (χ3n) is 2.68. The van der Waals surface area contributed by atoms with E-state index in [1.807, 2.05) is 32.2 Å². The van der Waals surface area contributed by atoms with Crippen LogP contribution in [-0.2, 0) is 16.6 Å². The Bertz CT molecular complexity index is 368. The van der Waals surface area contributed by atoms with Gasteiger partial charge in [-0.2, -0.15) is 0 Å². The van der Waals surface area contributed by atoms with Crippen LogP contribution in [0.3, 0.4) is 0 Å². The minimum absolute atomic E-state index is 0.130. The molecule has 96 valence electrons. The Morgan fingerprint density at radius 2 is 2.24 bits per heavy atom. The highest BCUT2D eigenvalue weighted by atomic mass is 32.2. The Morgan fingerprint density at radius 3 is 2.82 bits per heavy atom. The van der Waals surface area contributed by atoms with E-state index in [1.165, 1.54) is 5.56 Å².